The second-order valence-electron chi connectivity index (χ2n) is 5.35. The van der Waals surface area contributed by atoms with Gasteiger partial charge in [0.15, 0.2) is 0 Å². The summed E-state index contributed by atoms with van der Waals surface area (Å²) in [6.45, 7) is 5.09. The van der Waals surface area contributed by atoms with Crippen LogP contribution in [0.1, 0.15) is 28.7 Å². The van der Waals surface area contributed by atoms with E-state index in [1.165, 1.54) is 0 Å². The number of hydrogen-bond donors (Lipinski definition) is 2. The summed E-state index contributed by atoms with van der Waals surface area (Å²) in [5, 5.41) is 13.4. The van der Waals surface area contributed by atoms with E-state index in [1.54, 1.807) is 12.4 Å². The van der Waals surface area contributed by atoms with Crippen molar-refractivity contribution in [3.05, 3.63) is 59.4 Å². The lowest BCUT2D eigenvalue weighted by Gasteiger charge is -2.12. The Morgan fingerprint density at radius 1 is 1.27 bits per heavy atom. The Hall–Kier alpha value is -2.31. The van der Waals surface area contributed by atoms with Crippen molar-refractivity contribution in [1.82, 2.24) is 24.7 Å². The van der Waals surface area contributed by atoms with E-state index in [0.29, 0.717) is 18.9 Å². The third-order valence-corrected chi connectivity index (χ3v) is 3.60. The van der Waals surface area contributed by atoms with Crippen LogP contribution in [0.4, 0.5) is 0 Å². The molecule has 0 spiro atoms. The highest BCUT2D eigenvalue weighted by Gasteiger charge is 2.10. The molecule has 3 heterocycles. The van der Waals surface area contributed by atoms with E-state index in [4.69, 9.17) is 0 Å². The summed E-state index contributed by atoms with van der Waals surface area (Å²) >= 11 is 0. The fourth-order valence-electron chi connectivity index (χ4n) is 2.56. The first-order chi connectivity index (χ1) is 10.6. The minimum atomic E-state index is -0.552. The van der Waals surface area contributed by atoms with E-state index >= 15 is 0 Å². The Morgan fingerprint density at radius 2 is 2.05 bits per heavy atom. The number of hydrogen-bond acceptors (Lipinski definition) is 5. The lowest BCUT2D eigenvalue weighted by atomic mass is 10.1. The van der Waals surface area contributed by atoms with Crippen LogP contribution in [-0.4, -0.2) is 31.0 Å². The van der Waals surface area contributed by atoms with E-state index in [-0.39, 0.29) is 0 Å². The van der Waals surface area contributed by atoms with Crippen molar-refractivity contribution in [2.24, 2.45) is 0 Å². The van der Waals surface area contributed by atoms with Gasteiger partial charge >= 0.3 is 0 Å². The van der Waals surface area contributed by atoms with Crippen LogP contribution in [0, 0.1) is 13.8 Å². The molecule has 0 aliphatic carbocycles. The molecule has 0 aliphatic heterocycles. The average Bonchev–Trinajstić information content (AvgIpc) is 2.91. The molecule has 0 amide bonds. The first-order valence-electron chi connectivity index (χ1n) is 7.24. The zero-order valence-electron chi connectivity index (χ0n) is 12.7. The minimum absolute atomic E-state index is 0.468. The number of aryl methyl sites for hydroxylation is 2. The summed E-state index contributed by atoms with van der Waals surface area (Å²) in [5.74, 6) is 0.712. The third-order valence-electron chi connectivity index (χ3n) is 3.60. The van der Waals surface area contributed by atoms with E-state index < -0.39 is 6.10 Å². The second-order valence-corrected chi connectivity index (χ2v) is 5.35. The van der Waals surface area contributed by atoms with Gasteiger partial charge in [0.05, 0.1) is 18.0 Å². The van der Waals surface area contributed by atoms with Crippen molar-refractivity contribution in [3.8, 4) is 0 Å². The first kappa shape index (κ1) is 14.6. The zero-order chi connectivity index (χ0) is 15.5. The highest BCUT2D eigenvalue weighted by atomic mass is 16.3. The molecular formula is C16H19N5O. The van der Waals surface area contributed by atoms with Crippen molar-refractivity contribution in [3.63, 3.8) is 0 Å². The van der Waals surface area contributed by atoms with Crippen LogP contribution in [-0.2, 0) is 6.54 Å². The van der Waals surface area contributed by atoms with Gasteiger partial charge in [-0.15, -0.1) is 0 Å². The molecule has 22 heavy (non-hydrogen) atoms. The highest BCUT2D eigenvalue weighted by Crippen LogP contribution is 2.12. The number of aliphatic hydroxyl groups is 1. The Labute approximate surface area is 128 Å². The molecule has 0 saturated heterocycles. The fraction of sp³-hybridized carbons (Fsp3) is 0.312. The lowest BCUT2D eigenvalue weighted by Crippen LogP contribution is -2.22. The van der Waals surface area contributed by atoms with E-state index in [1.807, 2.05) is 42.6 Å². The molecule has 0 fully saturated rings. The summed E-state index contributed by atoms with van der Waals surface area (Å²) < 4.78 is 2.03. The van der Waals surface area contributed by atoms with Crippen LogP contribution >= 0.6 is 0 Å². The standard InChI is InChI=1S/C16H19N5O/c1-11-7-12(2)21-14(9-19-16(21)20-11)8-18-10-15(22)13-3-5-17-6-4-13/h3-7,9,15,18,22H,8,10H2,1-2H3. The molecule has 0 saturated carbocycles. The summed E-state index contributed by atoms with van der Waals surface area (Å²) in [5.41, 5.74) is 3.95. The number of nitrogens with one attached hydrogen (secondary N) is 1. The smallest absolute Gasteiger partial charge is 0.234 e. The molecule has 1 unspecified atom stereocenters. The van der Waals surface area contributed by atoms with Gasteiger partial charge in [0.25, 0.3) is 0 Å². The first-order valence-corrected chi connectivity index (χ1v) is 7.24. The lowest BCUT2D eigenvalue weighted by molar-refractivity contribution is 0.174. The Morgan fingerprint density at radius 3 is 2.82 bits per heavy atom. The summed E-state index contributed by atoms with van der Waals surface area (Å²) in [7, 11) is 0. The van der Waals surface area contributed by atoms with Crippen LogP contribution in [0.2, 0.25) is 0 Å². The number of imidazole rings is 1. The summed E-state index contributed by atoms with van der Waals surface area (Å²) in [6.07, 6.45) is 4.63. The van der Waals surface area contributed by atoms with Crippen LogP contribution in [0.15, 0.2) is 36.8 Å². The molecule has 1 atom stereocenters. The number of fused-ring (bicyclic) bond motifs is 1. The maximum atomic E-state index is 10.1. The largest absolute Gasteiger partial charge is 0.387 e. The average molecular weight is 297 g/mol. The Balaban J connectivity index is 1.67. The Kier molecular flexibility index (Phi) is 4.13. The summed E-state index contributed by atoms with van der Waals surface area (Å²) in [6, 6.07) is 5.67. The molecule has 3 rings (SSSR count). The molecule has 0 aromatic carbocycles. The quantitative estimate of drug-likeness (QED) is 0.747. The number of nitrogens with zero attached hydrogens (tertiary/aromatic N) is 4. The van der Waals surface area contributed by atoms with Gasteiger partial charge in [0.1, 0.15) is 0 Å². The second kappa shape index (κ2) is 6.21. The van der Waals surface area contributed by atoms with Gasteiger partial charge in [0.2, 0.25) is 5.78 Å². The Bertz CT molecular complexity index is 769. The number of rotatable bonds is 5. The normalized spacial score (nSPS) is 12.7. The van der Waals surface area contributed by atoms with E-state index in [0.717, 1.165) is 22.6 Å². The topological polar surface area (TPSA) is 75.3 Å². The van der Waals surface area contributed by atoms with Crippen molar-refractivity contribution in [1.29, 1.82) is 0 Å². The fourth-order valence-corrected chi connectivity index (χ4v) is 2.56. The van der Waals surface area contributed by atoms with Crippen LogP contribution in [0.5, 0.6) is 0 Å². The molecule has 0 radical (unpaired) electrons. The minimum Gasteiger partial charge on any atom is -0.387 e. The molecule has 0 bridgehead atoms. The van der Waals surface area contributed by atoms with Gasteiger partial charge in [-0.1, -0.05) is 0 Å². The van der Waals surface area contributed by atoms with Crippen molar-refractivity contribution < 1.29 is 5.11 Å². The van der Waals surface area contributed by atoms with Gasteiger partial charge in [-0.25, -0.2) is 9.97 Å². The number of pyridine rings is 1. The molecule has 2 N–H and O–H groups in total. The van der Waals surface area contributed by atoms with E-state index in [2.05, 4.69) is 20.3 Å². The van der Waals surface area contributed by atoms with Gasteiger partial charge < -0.3 is 10.4 Å². The summed E-state index contributed by atoms with van der Waals surface area (Å²) in [4.78, 5) is 12.7. The van der Waals surface area contributed by atoms with Crippen molar-refractivity contribution in [2.75, 3.05) is 6.54 Å². The van der Waals surface area contributed by atoms with Gasteiger partial charge in [0, 0.05) is 36.9 Å². The zero-order valence-corrected chi connectivity index (χ0v) is 12.7. The molecule has 6 nitrogen and oxygen atoms in total. The molecule has 3 aromatic rings. The van der Waals surface area contributed by atoms with Crippen molar-refractivity contribution in [2.45, 2.75) is 26.5 Å². The predicted molar refractivity (Wildman–Crippen MR) is 83.4 cm³/mol. The van der Waals surface area contributed by atoms with Gasteiger partial charge in [-0.3, -0.25) is 9.38 Å². The van der Waals surface area contributed by atoms with Crippen LogP contribution in [0.25, 0.3) is 5.78 Å². The SMILES string of the molecule is Cc1cc(C)n2c(CNCC(O)c3ccncc3)cnc2n1. The molecule has 114 valence electrons. The van der Waals surface area contributed by atoms with Gasteiger partial charge in [-0.2, -0.15) is 0 Å². The third kappa shape index (κ3) is 2.98. The molecule has 0 aliphatic rings. The maximum absolute atomic E-state index is 10.1. The maximum Gasteiger partial charge on any atom is 0.234 e. The predicted octanol–water partition coefficient (Wildman–Crippen LogP) is 1.56. The van der Waals surface area contributed by atoms with Gasteiger partial charge in [-0.05, 0) is 37.6 Å². The van der Waals surface area contributed by atoms with Crippen LogP contribution < -0.4 is 5.32 Å². The van der Waals surface area contributed by atoms with Crippen LogP contribution in [0.3, 0.4) is 0 Å². The number of aromatic nitrogens is 4. The monoisotopic (exact) mass is 297 g/mol. The number of aliphatic hydroxyl groups excluding tert-OH is 1. The highest BCUT2D eigenvalue weighted by molar-refractivity contribution is 5.35. The van der Waals surface area contributed by atoms with E-state index in [9.17, 15) is 5.11 Å². The molecule has 6 heteroatoms. The molecule has 3 aromatic heterocycles. The van der Waals surface area contributed by atoms with Crippen molar-refractivity contribution >= 4 is 5.78 Å². The molecular weight excluding hydrogens is 278 g/mol.